The van der Waals surface area contributed by atoms with Crippen molar-refractivity contribution in [2.75, 3.05) is 19.6 Å². The summed E-state index contributed by atoms with van der Waals surface area (Å²) in [7, 11) is 0. The maximum Gasteiger partial charge on any atom is 0.256 e. The molecule has 2 aliphatic carbocycles. The molecule has 2 fully saturated rings. The van der Waals surface area contributed by atoms with Gasteiger partial charge in [0, 0.05) is 80.8 Å². The molecule has 4 atom stereocenters. The summed E-state index contributed by atoms with van der Waals surface area (Å²) in [6.07, 6.45) is 9.92. The summed E-state index contributed by atoms with van der Waals surface area (Å²) in [6, 6.07) is 68.3. The average Bonchev–Trinajstić information content (AvgIpc) is 4.00. The molecule has 2 saturated carbocycles. The molecule has 4 unspecified atom stereocenters. The van der Waals surface area contributed by atoms with Gasteiger partial charge in [-0.25, -0.2) is 0 Å². The molecule has 19 rings (SSSR count). The van der Waals surface area contributed by atoms with Gasteiger partial charge in [0.25, 0.3) is 20.1 Å². The van der Waals surface area contributed by atoms with Crippen LogP contribution in [0.15, 0.2) is 176 Å². The third kappa shape index (κ3) is 5.02. The van der Waals surface area contributed by atoms with Crippen LogP contribution in [0.2, 0.25) is 0 Å². The second-order valence-corrected chi connectivity index (χ2v) is 23.1. The molecule has 9 aromatic carbocycles. The molecule has 8 heterocycles. The zero-order valence-corrected chi connectivity index (χ0v) is 41.5. The van der Waals surface area contributed by atoms with Crippen molar-refractivity contribution in [2.45, 2.75) is 75.3 Å². The van der Waals surface area contributed by atoms with Gasteiger partial charge in [0.2, 0.25) is 0 Å². The molecule has 0 bridgehead atoms. The number of hydrogen-bond acceptors (Lipinski definition) is 6. The highest BCUT2D eigenvalue weighted by Gasteiger charge is 2.55. The molecule has 354 valence electrons. The van der Waals surface area contributed by atoms with E-state index in [4.69, 9.17) is 9.47 Å². The van der Waals surface area contributed by atoms with Crippen molar-refractivity contribution in [2.24, 2.45) is 0 Å². The van der Waals surface area contributed by atoms with Gasteiger partial charge in [-0.2, -0.15) is 0 Å². The van der Waals surface area contributed by atoms with E-state index in [1.807, 2.05) is 0 Å². The van der Waals surface area contributed by atoms with Gasteiger partial charge in [-0.1, -0.05) is 129 Å². The lowest BCUT2D eigenvalue weighted by Gasteiger charge is -2.47. The fraction of sp³-hybridized carbons (Fsp3) is 0.182. The van der Waals surface area contributed by atoms with Gasteiger partial charge in [0.15, 0.2) is 0 Å². The normalized spacial score (nSPS) is 21.2. The fourth-order valence-electron chi connectivity index (χ4n) is 17.0. The maximum atomic E-state index is 6.96. The summed E-state index contributed by atoms with van der Waals surface area (Å²) in [6.45, 7) is 0.00269. The van der Waals surface area contributed by atoms with Crippen LogP contribution in [-0.2, 0) is 0 Å². The Morgan fingerprint density at radius 1 is 0.333 bits per heavy atom. The van der Waals surface area contributed by atoms with Crippen LogP contribution >= 0.6 is 0 Å². The Morgan fingerprint density at radius 3 is 1.25 bits per heavy atom. The van der Waals surface area contributed by atoms with Crippen LogP contribution in [0.25, 0.3) is 0 Å². The topological polar surface area (TPSA) is 31.4 Å². The Morgan fingerprint density at radius 2 is 0.760 bits per heavy atom. The summed E-state index contributed by atoms with van der Waals surface area (Å²) < 4.78 is 13.9. The Labute approximate surface area is 438 Å². The van der Waals surface area contributed by atoms with Gasteiger partial charge in [-0.3, -0.25) is 0 Å². The van der Waals surface area contributed by atoms with Crippen LogP contribution in [0.1, 0.15) is 74.3 Å². The molecule has 0 radical (unpaired) electrons. The van der Waals surface area contributed by atoms with Gasteiger partial charge in [0.1, 0.15) is 23.0 Å². The number of para-hydroxylation sites is 4. The largest absolute Gasteiger partial charge is 0.458 e. The number of benzene rings is 9. The first-order valence-electron chi connectivity index (χ1n) is 27.9. The predicted octanol–water partition coefficient (Wildman–Crippen LogP) is 10.00. The van der Waals surface area contributed by atoms with E-state index < -0.39 is 0 Å². The molecule has 0 N–H and O–H groups in total. The molecule has 6 nitrogen and oxygen atoms in total. The highest BCUT2D eigenvalue weighted by atomic mass is 16.5. The number of nitrogens with zero attached hydrogens (tertiary/aromatic N) is 4. The van der Waals surface area contributed by atoms with E-state index in [1.165, 1.54) is 169 Å². The Bertz CT molecular complexity index is 3780. The first-order chi connectivity index (χ1) is 37.2. The van der Waals surface area contributed by atoms with Crippen molar-refractivity contribution in [3.05, 3.63) is 187 Å². The van der Waals surface area contributed by atoms with Crippen LogP contribution in [0.4, 0.5) is 56.9 Å². The third-order valence-corrected chi connectivity index (χ3v) is 19.8. The van der Waals surface area contributed by atoms with Gasteiger partial charge in [-0.05, 0) is 159 Å². The third-order valence-electron chi connectivity index (χ3n) is 19.8. The molecular formula is C66H49B3N4O2. The zero-order valence-electron chi connectivity index (χ0n) is 41.5. The van der Waals surface area contributed by atoms with Crippen LogP contribution in [0.5, 0.6) is 23.0 Å². The molecule has 0 spiro atoms. The highest BCUT2D eigenvalue weighted by molar-refractivity contribution is 7.04. The van der Waals surface area contributed by atoms with E-state index in [9.17, 15) is 0 Å². The number of rotatable bonds is 2. The number of ether oxygens (including phenoxy) is 2. The summed E-state index contributed by atoms with van der Waals surface area (Å²) >= 11 is 0. The van der Waals surface area contributed by atoms with Crippen molar-refractivity contribution in [1.82, 2.24) is 0 Å². The molecule has 9 heteroatoms. The summed E-state index contributed by atoms with van der Waals surface area (Å²) in [4.78, 5) is 10.9. The van der Waals surface area contributed by atoms with E-state index >= 15 is 0 Å². The van der Waals surface area contributed by atoms with Crippen molar-refractivity contribution in [1.29, 1.82) is 0 Å². The zero-order chi connectivity index (χ0) is 48.4. The quantitative estimate of drug-likeness (QED) is 0.161. The lowest BCUT2D eigenvalue weighted by Crippen LogP contribution is -2.66. The molecule has 10 aliphatic rings. The van der Waals surface area contributed by atoms with E-state index in [2.05, 4.69) is 196 Å². The van der Waals surface area contributed by atoms with E-state index in [0.717, 1.165) is 23.0 Å². The predicted molar refractivity (Wildman–Crippen MR) is 310 cm³/mol. The van der Waals surface area contributed by atoms with Gasteiger partial charge < -0.3 is 29.1 Å². The summed E-state index contributed by atoms with van der Waals surface area (Å²) in [5.74, 6) is 4.97. The van der Waals surface area contributed by atoms with Crippen molar-refractivity contribution in [3.8, 4) is 23.0 Å². The monoisotopic (exact) mass is 962 g/mol. The molecule has 9 aromatic rings. The standard InChI is InChI=1S/C66H49B3N4O2/c1-3-16-38(17-4-1)70-52-26-15-27-53-62(52)69(46-34-48-56(36-54(46)70)72-50-24-11-7-20-40(50)42-30-32-60-63(65(42)72)67(48)44-22-9-13-28-58(44)74-60)47-35-49-57(37-55(47)71(53)39-18-5-2-6-19-39)73-51-25-12-8-21-41(51)43-31-33-61-64(66(43)73)68(49)45-23-10-14-29-59(45)75-61/h1-6,9-10,13-19,22-23,26-37,40-41,50-51H,7-8,11-12,20-21,24-25H2. The highest BCUT2D eigenvalue weighted by Crippen LogP contribution is 2.57. The SMILES string of the molecule is c1ccc(N2c3cc4c(cc3B3c5cc6c(cc5N(c5ccccc5)c5cccc2c53)N2c3c(ccc5c3B6c3ccccc3O5)C3CCCCC32)B2c3ccccc3Oc3ccc5c(c32)N4C2CCCCC52)cc1. The smallest absolute Gasteiger partial charge is 0.256 e. The minimum atomic E-state index is -0.0664. The minimum absolute atomic E-state index is 0.0345. The Hall–Kier alpha value is -8.03. The van der Waals surface area contributed by atoms with E-state index in [1.54, 1.807) is 0 Å². The second-order valence-electron chi connectivity index (χ2n) is 23.1. The Balaban J connectivity index is 0.929. The van der Waals surface area contributed by atoms with Gasteiger partial charge >= 0.3 is 0 Å². The first kappa shape index (κ1) is 40.4. The van der Waals surface area contributed by atoms with Crippen LogP contribution in [0.3, 0.4) is 0 Å². The molecule has 0 saturated heterocycles. The Kier molecular flexibility index (Phi) is 7.76. The van der Waals surface area contributed by atoms with E-state index in [0.29, 0.717) is 23.9 Å². The molecule has 0 aromatic heterocycles. The summed E-state index contributed by atoms with van der Waals surface area (Å²) in [5, 5.41) is 0. The van der Waals surface area contributed by atoms with E-state index in [-0.39, 0.29) is 20.1 Å². The molecular weight excluding hydrogens is 913 g/mol. The van der Waals surface area contributed by atoms with Gasteiger partial charge in [-0.15, -0.1) is 0 Å². The number of fused-ring (bicyclic) bond motifs is 20. The lowest BCUT2D eigenvalue weighted by molar-refractivity contribution is 0.402. The molecule has 0 amide bonds. The fourth-order valence-corrected chi connectivity index (χ4v) is 17.0. The van der Waals surface area contributed by atoms with Crippen molar-refractivity contribution < 1.29 is 9.47 Å². The first-order valence-corrected chi connectivity index (χ1v) is 27.9. The number of anilines is 10. The average molecular weight is 963 g/mol. The number of hydrogen-bond donors (Lipinski definition) is 0. The minimum Gasteiger partial charge on any atom is -0.458 e. The van der Waals surface area contributed by atoms with Crippen LogP contribution in [0, 0.1) is 0 Å². The second kappa shape index (κ2) is 14.4. The van der Waals surface area contributed by atoms with Crippen LogP contribution < -0.4 is 78.2 Å². The maximum absolute atomic E-state index is 6.96. The summed E-state index contributed by atoms with van der Waals surface area (Å²) in [5.41, 5.74) is 28.0. The lowest BCUT2D eigenvalue weighted by atomic mass is 9.29. The van der Waals surface area contributed by atoms with Crippen molar-refractivity contribution >= 4 is 126 Å². The van der Waals surface area contributed by atoms with Crippen molar-refractivity contribution in [3.63, 3.8) is 0 Å². The van der Waals surface area contributed by atoms with Crippen LogP contribution in [-0.4, -0.2) is 32.2 Å². The molecule has 8 aliphatic heterocycles. The molecule has 75 heavy (non-hydrogen) atoms. The van der Waals surface area contributed by atoms with Gasteiger partial charge in [0.05, 0.1) is 0 Å².